The fourth-order valence-corrected chi connectivity index (χ4v) is 3.16. The minimum Gasteiger partial charge on any atom is -0.490 e. The average Bonchev–Trinajstić information content (AvgIpc) is 2.54. The molecule has 0 aromatic heterocycles. The van der Waals surface area contributed by atoms with Crippen LogP contribution in [-0.2, 0) is 14.8 Å². The van der Waals surface area contributed by atoms with Crippen LogP contribution >= 0.6 is 0 Å². The number of sulfonamides is 1. The van der Waals surface area contributed by atoms with E-state index in [2.05, 4.69) is 4.72 Å². The topological polar surface area (TPSA) is 90.7 Å². The Labute approximate surface area is 137 Å². The van der Waals surface area contributed by atoms with E-state index in [9.17, 15) is 12.8 Å². The van der Waals surface area contributed by atoms with E-state index in [4.69, 9.17) is 15.2 Å². The molecule has 0 saturated heterocycles. The summed E-state index contributed by atoms with van der Waals surface area (Å²) in [6.45, 7) is 4.30. The molecule has 0 heterocycles. The van der Waals surface area contributed by atoms with Gasteiger partial charge in [0.1, 0.15) is 23.1 Å². The summed E-state index contributed by atoms with van der Waals surface area (Å²) in [4.78, 5) is -0.247. The Morgan fingerprint density at radius 2 is 1.91 bits per heavy atom. The van der Waals surface area contributed by atoms with E-state index in [-0.39, 0.29) is 23.8 Å². The number of hydrogen-bond donors (Lipinski definition) is 2. The lowest BCUT2D eigenvalue weighted by Gasteiger charge is -2.26. The van der Waals surface area contributed by atoms with Crippen LogP contribution in [0.3, 0.4) is 0 Å². The van der Waals surface area contributed by atoms with Gasteiger partial charge in [-0.3, -0.25) is 0 Å². The monoisotopic (exact) mass is 348 g/mol. The van der Waals surface area contributed by atoms with Crippen LogP contribution in [0, 0.1) is 5.82 Å². The van der Waals surface area contributed by atoms with Gasteiger partial charge in [0.25, 0.3) is 0 Å². The van der Waals surface area contributed by atoms with Crippen molar-refractivity contribution in [1.29, 1.82) is 0 Å². The van der Waals surface area contributed by atoms with E-state index in [0.717, 1.165) is 12.1 Å². The van der Waals surface area contributed by atoms with Crippen molar-refractivity contribution >= 4 is 10.0 Å². The smallest absolute Gasteiger partial charge is 0.244 e. The van der Waals surface area contributed by atoms with Crippen molar-refractivity contribution in [1.82, 2.24) is 4.72 Å². The molecule has 0 bridgehead atoms. The van der Waals surface area contributed by atoms with Gasteiger partial charge in [-0.25, -0.2) is 17.5 Å². The molecule has 0 saturated carbocycles. The zero-order valence-electron chi connectivity index (χ0n) is 13.8. The summed E-state index contributed by atoms with van der Waals surface area (Å²) in [5.74, 6) is -0.582. The fourth-order valence-electron chi connectivity index (χ4n) is 1.86. The largest absolute Gasteiger partial charge is 0.490 e. The molecule has 0 unspecified atom stereocenters. The average molecular weight is 348 g/mol. The Kier molecular flexibility index (Phi) is 7.40. The maximum Gasteiger partial charge on any atom is 0.244 e. The molecule has 6 nitrogen and oxygen atoms in total. The fraction of sp³-hybridized carbons (Fsp3) is 0.600. The summed E-state index contributed by atoms with van der Waals surface area (Å²) in [6, 6.07) is 3.36. The highest BCUT2D eigenvalue weighted by molar-refractivity contribution is 7.89. The van der Waals surface area contributed by atoms with Gasteiger partial charge in [0.15, 0.2) is 0 Å². The summed E-state index contributed by atoms with van der Waals surface area (Å²) in [7, 11) is -2.44. The molecular formula is C15H25FN2O4S. The van der Waals surface area contributed by atoms with Crippen LogP contribution in [0.4, 0.5) is 4.39 Å². The maximum absolute atomic E-state index is 13.5. The van der Waals surface area contributed by atoms with Crippen LogP contribution in [0.5, 0.6) is 5.75 Å². The van der Waals surface area contributed by atoms with Gasteiger partial charge in [-0.15, -0.1) is 0 Å². The highest BCUT2D eigenvalue weighted by Crippen LogP contribution is 2.25. The molecule has 0 radical (unpaired) electrons. The van der Waals surface area contributed by atoms with Gasteiger partial charge in [0.05, 0.1) is 6.61 Å². The normalized spacial score (nSPS) is 12.4. The van der Waals surface area contributed by atoms with Crippen molar-refractivity contribution in [2.24, 2.45) is 5.73 Å². The molecule has 1 aromatic rings. The Morgan fingerprint density at radius 1 is 1.26 bits per heavy atom. The maximum atomic E-state index is 13.5. The second kappa shape index (κ2) is 8.58. The van der Waals surface area contributed by atoms with Crippen LogP contribution in [0.2, 0.25) is 0 Å². The molecular weight excluding hydrogens is 323 g/mol. The molecule has 0 amide bonds. The minimum absolute atomic E-state index is 0.0658. The van der Waals surface area contributed by atoms with Crippen LogP contribution in [0.25, 0.3) is 0 Å². The summed E-state index contributed by atoms with van der Waals surface area (Å²) in [5.41, 5.74) is 5.46. The first kappa shape index (κ1) is 19.8. The zero-order valence-corrected chi connectivity index (χ0v) is 14.6. The molecule has 0 spiro atoms. The van der Waals surface area contributed by atoms with E-state index in [0.29, 0.717) is 19.4 Å². The van der Waals surface area contributed by atoms with Crippen molar-refractivity contribution in [3.63, 3.8) is 0 Å². The van der Waals surface area contributed by atoms with Crippen molar-refractivity contribution < 1.29 is 22.3 Å². The summed E-state index contributed by atoms with van der Waals surface area (Å²) in [5, 5.41) is 0. The number of nitrogens with one attached hydrogen (secondary N) is 1. The molecule has 1 rings (SSSR count). The number of nitrogens with two attached hydrogens (primary N) is 1. The van der Waals surface area contributed by atoms with Crippen LogP contribution in [0.15, 0.2) is 23.1 Å². The van der Waals surface area contributed by atoms with Crippen molar-refractivity contribution in [2.45, 2.75) is 37.1 Å². The summed E-state index contributed by atoms with van der Waals surface area (Å²) in [6.07, 6.45) is 1.23. The third-order valence-electron chi connectivity index (χ3n) is 3.76. The molecule has 0 fully saturated rings. The quantitative estimate of drug-likeness (QED) is 0.628. The van der Waals surface area contributed by atoms with Gasteiger partial charge in [-0.1, -0.05) is 13.8 Å². The predicted octanol–water partition coefficient (Wildman–Crippen LogP) is 1.65. The van der Waals surface area contributed by atoms with Crippen LogP contribution in [-0.4, -0.2) is 40.8 Å². The second-order valence-corrected chi connectivity index (χ2v) is 7.06. The number of ether oxygens (including phenoxy) is 2. The third-order valence-corrected chi connectivity index (χ3v) is 5.19. The van der Waals surface area contributed by atoms with Gasteiger partial charge < -0.3 is 15.2 Å². The van der Waals surface area contributed by atoms with E-state index < -0.39 is 21.4 Å². The van der Waals surface area contributed by atoms with Gasteiger partial charge in [0, 0.05) is 19.2 Å². The Balaban J connectivity index is 2.99. The van der Waals surface area contributed by atoms with Gasteiger partial charge in [-0.05, 0) is 31.0 Å². The van der Waals surface area contributed by atoms with E-state index in [1.807, 2.05) is 13.8 Å². The molecule has 1 aromatic carbocycles. The number of methoxy groups -OCH3 is 1. The Bertz CT molecular complexity index is 603. The Hall–Kier alpha value is -1.22. The molecule has 23 heavy (non-hydrogen) atoms. The molecule has 0 aliphatic carbocycles. The van der Waals surface area contributed by atoms with Gasteiger partial charge >= 0.3 is 0 Å². The SMILES string of the molecule is CCC(N)(CC)CNS(=O)(=O)c1cc(F)ccc1OCCOC. The van der Waals surface area contributed by atoms with E-state index in [1.54, 1.807) is 0 Å². The van der Waals surface area contributed by atoms with E-state index >= 15 is 0 Å². The highest BCUT2D eigenvalue weighted by atomic mass is 32.2. The van der Waals surface area contributed by atoms with Gasteiger partial charge in [0.2, 0.25) is 10.0 Å². The standard InChI is InChI=1S/C15H25FN2O4S/c1-4-15(17,5-2)11-18-23(19,20)14-10-12(16)6-7-13(14)22-9-8-21-3/h6-7,10,18H,4-5,8-9,11,17H2,1-3H3. The number of hydrogen-bond acceptors (Lipinski definition) is 5. The summed E-state index contributed by atoms with van der Waals surface area (Å²) >= 11 is 0. The van der Waals surface area contributed by atoms with Crippen molar-refractivity contribution in [3.8, 4) is 5.75 Å². The first-order chi connectivity index (χ1) is 10.8. The lowest BCUT2D eigenvalue weighted by molar-refractivity contribution is 0.144. The number of halogens is 1. The molecule has 132 valence electrons. The first-order valence-electron chi connectivity index (χ1n) is 7.48. The predicted molar refractivity (Wildman–Crippen MR) is 86.5 cm³/mol. The lowest BCUT2D eigenvalue weighted by Crippen LogP contribution is -2.49. The van der Waals surface area contributed by atoms with Gasteiger partial charge in [-0.2, -0.15) is 0 Å². The lowest BCUT2D eigenvalue weighted by atomic mass is 9.95. The molecule has 3 N–H and O–H groups in total. The molecule has 0 aliphatic heterocycles. The molecule has 0 aliphatic rings. The molecule has 8 heteroatoms. The zero-order chi connectivity index (χ0) is 17.5. The number of benzene rings is 1. The van der Waals surface area contributed by atoms with Crippen molar-refractivity contribution in [3.05, 3.63) is 24.0 Å². The first-order valence-corrected chi connectivity index (χ1v) is 8.96. The van der Waals surface area contributed by atoms with E-state index in [1.165, 1.54) is 13.2 Å². The minimum atomic E-state index is -3.94. The van der Waals surface area contributed by atoms with Crippen LogP contribution in [0.1, 0.15) is 26.7 Å². The van der Waals surface area contributed by atoms with Crippen LogP contribution < -0.4 is 15.2 Å². The summed E-state index contributed by atoms with van der Waals surface area (Å²) < 4.78 is 51.1. The molecule has 0 atom stereocenters. The highest BCUT2D eigenvalue weighted by Gasteiger charge is 2.26. The second-order valence-electron chi connectivity index (χ2n) is 5.33. The van der Waals surface area contributed by atoms with Crippen molar-refractivity contribution in [2.75, 3.05) is 26.9 Å². The Morgan fingerprint density at radius 3 is 2.48 bits per heavy atom. The number of rotatable bonds is 10. The third kappa shape index (κ3) is 5.72.